The van der Waals surface area contributed by atoms with E-state index in [0.29, 0.717) is 30.4 Å². The van der Waals surface area contributed by atoms with Gasteiger partial charge in [-0.1, -0.05) is 17.7 Å². The Bertz CT molecular complexity index is 1280. The molecule has 1 N–H and O–H groups in total. The molecule has 0 radical (unpaired) electrons. The first-order valence-electron chi connectivity index (χ1n) is 10.3. The van der Waals surface area contributed by atoms with Crippen molar-refractivity contribution in [2.45, 2.75) is 31.4 Å². The second kappa shape index (κ2) is 9.33. The Morgan fingerprint density at radius 1 is 1.12 bits per heavy atom. The summed E-state index contributed by atoms with van der Waals surface area (Å²) >= 11 is 5.94. The molecule has 1 atom stereocenters. The van der Waals surface area contributed by atoms with Gasteiger partial charge in [-0.2, -0.15) is 4.31 Å². The third-order valence-corrected chi connectivity index (χ3v) is 7.56. The van der Waals surface area contributed by atoms with Gasteiger partial charge in [0.05, 0.1) is 30.8 Å². The second-order valence-corrected chi connectivity index (χ2v) is 10.4. The van der Waals surface area contributed by atoms with Crippen molar-refractivity contribution in [3.05, 3.63) is 74.5 Å². The van der Waals surface area contributed by atoms with Gasteiger partial charge < -0.3 is 14.5 Å². The Morgan fingerprint density at radius 3 is 2.56 bits per heavy atom. The fraction of sp³-hybridized carbons (Fsp3) is 0.348. The first kappa shape index (κ1) is 22.9. The van der Waals surface area contributed by atoms with E-state index in [0.717, 1.165) is 22.0 Å². The highest BCUT2D eigenvalue weighted by Gasteiger charge is 2.30. The summed E-state index contributed by atoms with van der Waals surface area (Å²) in [5, 5.41) is 1.32. The number of H-pyrrole nitrogens is 1. The Morgan fingerprint density at radius 2 is 1.88 bits per heavy atom. The summed E-state index contributed by atoms with van der Waals surface area (Å²) in [4.78, 5) is 15.8. The molecule has 0 unspecified atom stereocenters. The Hall–Kier alpha value is -2.23. The van der Waals surface area contributed by atoms with Crippen molar-refractivity contribution in [1.82, 2.24) is 9.29 Å². The fourth-order valence-corrected chi connectivity index (χ4v) is 5.47. The predicted molar refractivity (Wildman–Crippen MR) is 124 cm³/mol. The molecular weight excluding hydrogens is 452 g/mol. The number of pyridine rings is 1. The average Bonchev–Trinajstić information content (AvgIpc) is 2.75. The van der Waals surface area contributed by atoms with Crippen LogP contribution in [0.3, 0.4) is 0 Å². The summed E-state index contributed by atoms with van der Waals surface area (Å²) < 4.78 is 39.4. The van der Waals surface area contributed by atoms with Crippen molar-refractivity contribution in [3.63, 3.8) is 0 Å². The van der Waals surface area contributed by atoms with Gasteiger partial charge >= 0.3 is 0 Å². The topological polar surface area (TPSA) is 88.7 Å². The van der Waals surface area contributed by atoms with Crippen LogP contribution in [0.1, 0.15) is 16.7 Å². The SMILES string of the molecule is Cc1cc(C)c2cc(CN(C[C@H]3COCCO3)S(=O)(=O)c3ccc(Cl)cc3)c(=O)[nH]c2c1. The number of aryl methyl sites for hydroxylation is 2. The van der Waals surface area contributed by atoms with Crippen LogP contribution in [0.4, 0.5) is 0 Å². The molecule has 2 aromatic carbocycles. The maximum atomic E-state index is 13.5. The van der Waals surface area contributed by atoms with Gasteiger partial charge in [0, 0.05) is 34.6 Å². The maximum absolute atomic E-state index is 13.5. The third-order valence-electron chi connectivity index (χ3n) is 5.48. The number of fused-ring (bicyclic) bond motifs is 1. The molecule has 170 valence electrons. The number of nitrogens with zero attached hydrogens (tertiary/aromatic N) is 1. The van der Waals surface area contributed by atoms with Gasteiger partial charge in [0.25, 0.3) is 5.56 Å². The van der Waals surface area contributed by atoms with Crippen LogP contribution in [0.5, 0.6) is 0 Å². The van der Waals surface area contributed by atoms with E-state index < -0.39 is 16.1 Å². The molecule has 0 amide bonds. The van der Waals surface area contributed by atoms with E-state index in [1.54, 1.807) is 6.07 Å². The predicted octanol–water partition coefficient (Wildman–Crippen LogP) is 3.40. The van der Waals surface area contributed by atoms with E-state index in [-0.39, 0.29) is 23.5 Å². The van der Waals surface area contributed by atoms with Gasteiger partial charge in [-0.05, 0) is 61.4 Å². The van der Waals surface area contributed by atoms with Crippen molar-refractivity contribution < 1.29 is 17.9 Å². The number of hydrogen-bond acceptors (Lipinski definition) is 5. The Labute approximate surface area is 192 Å². The summed E-state index contributed by atoms with van der Waals surface area (Å²) in [6, 6.07) is 11.7. The van der Waals surface area contributed by atoms with Crippen LogP contribution < -0.4 is 5.56 Å². The lowest BCUT2D eigenvalue weighted by Gasteiger charge is -2.29. The minimum atomic E-state index is -3.92. The summed E-state index contributed by atoms with van der Waals surface area (Å²) in [6.45, 7) is 5.06. The molecule has 0 spiro atoms. The lowest BCUT2D eigenvalue weighted by Crippen LogP contribution is -2.43. The number of rotatable bonds is 6. The molecule has 9 heteroatoms. The smallest absolute Gasteiger partial charge is 0.252 e. The van der Waals surface area contributed by atoms with E-state index in [1.807, 2.05) is 26.0 Å². The summed E-state index contributed by atoms with van der Waals surface area (Å²) in [5.74, 6) is 0. The number of aromatic nitrogens is 1. The van der Waals surface area contributed by atoms with Gasteiger partial charge in [-0.15, -0.1) is 0 Å². The van der Waals surface area contributed by atoms with Gasteiger partial charge in [-0.3, -0.25) is 4.79 Å². The number of ether oxygens (including phenoxy) is 2. The first-order valence-corrected chi connectivity index (χ1v) is 12.1. The molecule has 0 bridgehead atoms. The van der Waals surface area contributed by atoms with E-state index in [1.165, 1.54) is 28.6 Å². The van der Waals surface area contributed by atoms with Gasteiger partial charge in [0.15, 0.2) is 0 Å². The van der Waals surface area contributed by atoms with Crippen LogP contribution in [0.2, 0.25) is 5.02 Å². The quantitative estimate of drug-likeness (QED) is 0.589. The molecule has 4 rings (SSSR count). The van der Waals surface area contributed by atoms with Crippen LogP contribution >= 0.6 is 11.6 Å². The average molecular weight is 477 g/mol. The van der Waals surface area contributed by atoms with Gasteiger partial charge in [-0.25, -0.2) is 8.42 Å². The number of sulfonamides is 1. The number of hydrogen-bond donors (Lipinski definition) is 1. The molecule has 3 aromatic rings. The highest BCUT2D eigenvalue weighted by molar-refractivity contribution is 7.89. The Kier molecular flexibility index (Phi) is 6.69. The van der Waals surface area contributed by atoms with Crippen LogP contribution in [0.25, 0.3) is 10.9 Å². The molecule has 1 aliphatic heterocycles. The monoisotopic (exact) mass is 476 g/mol. The summed E-state index contributed by atoms with van der Waals surface area (Å²) in [7, 11) is -3.92. The Balaban J connectivity index is 1.74. The van der Waals surface area contributed by atoms with E-state index in [4.69, 9.17) is 21.1 Å². The van der Waals surface area contributed by atoms with Gasteiger partial charge in [0.1, 0.15) is 0 Å². The second-order valence-electron chi connectivity index (χ2n) is 7.99. The van der Waals surface area contributed by atoms with Crippen molar-refractivity contribution in [2.24, 2.45) is 0 Å². The van der Waals surface area contributed by atoms with Gasteiger partial charge in [0.2, 0.25) is 10.0 Å². The third kappa shape index (κ3) is 4.89. The summed E-state index contributed by atoms with van der Waals surface area (Å²) in [5.41, 5.74) is 2.82. The van der Waals surface area contributed by atoms with Crippen LogP contribution in [-0.4, -0.2) is 50.2 Å². The zero-order chi connectivity index (χ0) is 22.9. The van der Waals surface area contributed by atoms with E-state index in [2.05, 4.69) is 4.98 Å². The molecule has 1 saturated heterocycles. The van der Waals surface area contributed by atoms with Crippen LogP contribution in [0, 0.1) is 13.8 Å². The molecular formula is C23H25ClN2O5S. The molecule has 32 heavy (non-hydrogen) atoms. The summed E-state index contributed by atoms with van der Waals surface area (Å²) in [6.07, 6.45) is -0.422. The largest absolute Gasteiger partial charge is 0.376 e. The molecule has 1 aromatic heterocycles. The number of halogens is 1. The van der Waals surface area contributed by atoms with Crippen molar-refractivity contribution in [1.29, 1.82) is 0 Å². The first-order chi connectivity index (χ1) is 15.2. The molecule has 2 heterocycles. The number of aromatic amines is 1. The maximum Gasteiger partial charge on any atom is 0.252 e. The lowest BCUT2D eigenvalue weighted by atomic mass is 10.0. The highest BCUT2D eigenvalue weighted by Crippen LogP contribution is 2.23. The highest BCUT2D eigenvalue weighted by atomic mass is 35.5. The molecule has 1 aliphatic rings. The van der Waals surface area contributed by atoms with E-state index in [9.17, 15) is 13.2 Å². The van der Waals surface area contributed by atoms with Crippen LogP contribution in [0.15, 0.2) is 52.2 Å². The standard InChI is InChI=1S/C23H25ClN2O5S/c1-15-9-16(2)21-11-17(23(27)25-22(21)10-15)12-26(13-19-14-30-7-8-31-19)32(28,29)20-5-3-18(24)4-6-20/h3-6,9-11,19H,7-8,12-14H2,1-2H3,(H,25,27)/t19-/m0/s1. The molecule has 1 fully saturated rings. The lowest BCUT2D eigenvalue weighted by molar-refractivity contribution is -0.0923. The molecule has 0 saturated carbocycles. The minimum Gasteiger partial charge on any atom is -0.376 e. The van der Waals surface area contributed by atoms with Crippen LogP contribution in [-0.2, 0) is 26.0 Å². The number of nitrogens with one attached hydrogen (secondary N) is 1. The number of benzene rings is 2. The zero-order valence-electron chi connectivity index (χ0n) is 17.9. The molecule has 0 aliphatic carbocycles. The minimum absolute atomic E-state index is 0.0648. The molecule has 7 nitrogen and oxygen atoms in total. The normalized spacial score (nSPS) is 17.2. The van der Waals surface area contributed by atoms with Crippen molar-refractivity contribution in [3.8, 4) is 0 Å². The zero-order valence-corrected chi connectivity index (χ0v) is 19.5. The van der Waals surface area contributed by atoms with E-state index >= 15 is 0 Å². The van der Waals surface area contributed by atoms with Crippen molar-refractivity contribution in [2.75, 3.05) is 26.4 Å². The van der Waals surface area contributed by atoms with Crippen molar-refractivity contribution >= 4 is 32.5 Å². The fourth-order valence-electron chi connectivity index (χ4n) is 3.90.